The van der Waals surface area contributed by atoms with Gasteiger partial charge in [-0.25, -0.2) is 17.2 Å². The summed E-state index contributed by atoms with van der Waals surface area (Å²) in [6, 6.07) is 13.3. The molecule has 1 atom stereocenters. The number of ether oxygens (including phenoxy) is 1. The summed E-state index contributed by atoms with van der Waals surface area (Å²) in [5.74, 6) is -2.23. The Morgan fingerprint density at radius 2 is 1.73 bits per heavy atom. The molecule has 3 aromatic rings. The van der Waals surface area contributed by atoms with E-state index in [0.29, 0.717) is 17.0 Å². The number of hydrogen-bond donors (Lipinski definition) is 3. The molecule has 0 bridgehead atoms. The van der Waals surface area contributed by atoms with Crippen LogP contribution in [0, 0.1) is 18.6 Å². The van der Waals surface area contributed by atoms with E-state index < -0.39 is 33.7 Å². The molecule has 1 amide bonds. The predicted octanol–water partition coefficient (Wildman–Crippen LogP) is 3.55. The summed E-state index contributed by atoms with van der Waals surface area (Å²) < 4.78 is 59.4. The monoisotopic (exact) mass is 476 g/mol. The van der Waals surface area contributed by atoms with Gasteiger partial charge < -0.3 is 15.2 Å². The Morgan fingerprint density at radius 3 is 2.36 bits per heavy atom. The predicted molar refractivity (Wildman–Crippen MR) is 119 cm³/mol. The van der Waals surface area contributed by atoms with Gasteiger partial charge in [0.2, 0.25) is 0 Å². The van der Waals surface area contributed by atoms with Crippen LogP contribution in [-0.4, -0.2) is 33.1 Å². The van der Waals surface area contributed by atoms with Gasteiger partial charge in [0.25, 0.3) is 15.9 Å². The van der Waals surface area contributed by atoms with Crippen LogP contribution in [0.25, 0.3) is 0 Å². The number of aryl methyl sites for hydroxylation is 1. The minimum absolute atomic E-state index is 0.0880. The average molecular weight is 477 g/mol. The number of sulfonamides is 1. The van der Waals surface area contributed by atoms with Crippen molar-refractivity contribution in [3.05, 3.63) is 89.0 Å². The molecule has 0 aliphatic rings. The Hall–Kier alpha value is -3.50. The van der Waals surface area contributed by atoms with Crippen molar-refractivity contribution < 1.29 is 31.8 Å². The summed E-state index contributed by atoms with van der Waals surface area (Å²) >= 11 is 0. The number of carbonyl (C=O) groups excluding carboxylic acids is 1. The fourth-order valence-corrected chi connectivity index (χ4v) is 4.09. The summed E-state index contributed by atoms with van der Waals surface area (Å²) in [5.41, 5.74) is 1.01. The molecule has 33 heavy (non-hydrogen) atoms. The number of halogens is 2. The van der Waals surface area contributed by atoms with Crippen LogP contribution in [0.3, 0.4) is 0 Å². The molecule has 0 saturated carbocycles. The average Bonchev–Trinajstić information content (AvgIpc) is 2.79. The van der Waals surface area contributed by atoms with Gasteiger partial charge in [0.1, 0.15) is 5.75 Å². The van der Waals surface area contributed by atoms with Crippen molar-refractivity contribution >= 4 is 21.6 Å². The molecule has 0 aliphatic carbocycles. The summed E-state index contributed by atoms with van der Waals surface area (Å²) in [4.78, 5) is 12.5. The topological polar surface area (TPSA) is 105 Å². The van der Waals surface area contributed by atoms with E-state index in [1.807, 2.05) is 0 Å². The number of aliphatic hydroxyl groups excluding tert-OH is 1. The van der Waals surface area contributed by atoms with E-state index in [-0.39, 0.29) is 22.6 Å². The van der Waals surface area contributed by atoms with Crippen LogP contribution < -0.4 is 14.8 Å². The first-order chi connectivity index (χ1) is 15.6. The van der Waals surface area contributed by atoms with Gasteiger partial charge in [0.15, 0.2) is 11.6 Å². The van der Waals surface area contributed by atoms with Crippen molar-refractivity contribution in [3.8, 4) is 5.75 Å². The molecule has 0 aliphatic heterocycles. The summed E-state index contributed by atoms with van der Waals surface area (Å²) in [6.45, 7) is 1.35. The van der Waals surface area contributed by atoms with E-state index in [0.717, 1.165) is 12.1 Å². The van der Waals surface area contributed by atoms with Crippen LogP contribution in [0.4, 0.5) is 14.5 Å². The summed E-state index contributed by atoms with van der Waals surface area (Å²) in [5, 5.41) is 12.6. The third kappa shape index (κ3) is 5.85. The van der Waals surface area contributed by atoms with Gasteiger partial charge in [-0.05, 0) is 66.6 Å². The van der Waals surface area contributed by atoms with E-state index in [9.17, 15) is 27.1 Å². The molecule has 3 rings (SSSR count). The number of hydrogen-bond acceptors (Lipinski definition) is 5. The zero-order chi connectivity index (χ0) is 24.2. The van der Waals surface area contributed by atoms with Crippen molar-refractivity contribution in [1.29, 1.82) is 0 Å². The Balaban J connectivity index is 1.74. The van der Waals surface area contributed by atoms with Crippen LogP contribution in [0.5, 0.6) is 5.75 Å². The van der Waals surface area contributed by atoms with E-state index >= 15 is 0 Å². The highest BCUT2D eigenvalue weighted by atomic mass is 32.2. The maximum Gasteiger partial charge on any atom is 0.261 e. The molecule has 10 heteroatoms. The molecule has 3 aromatic carbocycles. The van der Waals surface area contributed by atoms with Crippen molar-refractivity contribution in [2.75, 3.05) is 18.4 Å². The molecule has 174 valence electrons. The lowest BCUT2D eigenvalue weighted by Gasteiger charge is -2.15. The highest BCUT2D eigenvalue weighted by Gasteiger charge is 2.19. The second kappa shape index (κ2) is 9.97. The number of carbonyl (C=O) groups is 1. The Labute approximate surface area is 190 Å². The van der Waals surface area contributed by atoms with Gasteiger partial charge in [-0.1, -0.05) is 12.1 Å². The first kappa shape index (κ1) is 24.1. The molecule has 3 N–H and O–H groups in total. The molecule has 0 aromatic heterocycles. The van der Waals surface area contributed by atoms with Gasteiger partial charge in [0.05, 0.1) is 18.1 Å². The molecule has 0 radical (unpaired) electrons. The summed E-state index contributed by atoms with van der Waals surface area (Å²) in [7, 11) is -2.49. The van der Waals surface area contributed by atoms with Crippen LogP contribution in [0.1, 0.15) is 27.6 Å². The first-order valence-electron chi connectivity index (χ1n) is 9.79. The minimum atomic E-state index is -3.99. The number of rotatable bonds is 8. The number of anilines is 1. The van der Waals surface area contributed by atoms with Crippen molar-refractivity contribution in [2.45, 2.75) is 17.9 Å². The van der Waals surface area contributed by atoms with Crippen LogP contribution in [-0.2, 0) is 10.0 Å². The standard InChI is InChI=1S/C23H22F2N2O5S/c1-14-3-9-18(33(30,31)27-16-5-7-17(32-2)8-6-16)12-19(14)23(29)26-13-22(28)15-4-10-20(24)21(25)11-15/h3-12,22,27-28H,13H2,1-2H3,(H,26,29). The van der Waals surface area contributed by atoms with Crippen molar-refractivity contribution in [3.63, 3.8) is 0 Å². The maximum absolute atomic E-state index is 13.4. The summed E-state index contributed by atoms with van der Waals surface area (Å²) in [6.07, 6.45) is -1.28. The lowest BCUT2D eigenvalue weighted by atomic mass is 10.1. The highest BCUT2D eigenvalue weighted by molar-refractivity contribution is 7.92. The molecule has 0 heterocycles. The molecular weight excluding hydrogens is 454 g/mol. The van der Waals surface area contributed by atoms with E-state index in [1.165, 1.54) is 43.5 Å². The van der Waals surface area contributed by atoms with Gasteiger partial charge >= 0.3 is 0 Å². The molecule has 0 fully saturated rings. The second-order valence-corrected chi connectivity index (χ2v) is 8.89. The Kier molecular flexibility index (Phi) is 7.29. The molecule has 0 saturated heterocycles. The maximum atomic E-state index is 13.4. The van der Waals surface area contributed by atoms with Gasteiger partial charge in [-0.15, -0.1) is 0 Å². The number of methoxy groups -OCH3 is 1. The fourth-order valence-electron chi connectivity index (χ4n) is 3.01. The van der Waals surface area contributed by atoms with Crippen LogP contribution >= 0.6 is 0 Å². The Morgan fingerprint density at radius 1 is 1.03 bits per heavy atom. The van der Waals surface area contributed by atoms with E-state index in [4.69, 9.17) is 4.74 Å². The first-order valence-corrected chi connectivity index (χ1v) is 11.3. The largest absolute Gasteiger partial charge is 0.497 e. The minimum Gasteiger partial charge on any atom is -0.497 e. The Bertz CT molecular complexity index is 1260. The van der Waals surface area contributed by atoms with Gasteiger partial charge in [-0.3, -0.25) is 9.52 Å². The van der Waals surface area contributed by atoms with E-state index in [1.54, 1.807) is 19.1 Å². The zero-order valence-electron chi connectivity index (χ0n) is 17.8. The third-order valence-electron chi connectivity index (χ3n) is 4.89. The highest BCUT2D eigenvalue weighted by Crippen LogP contribution is 2.22. The third-order valence-corrected chi connectivity index (χ3v) is 6.27. The van der Waals surface area contributed by atoms with Gasteiger partial charge in [0, 0.05) is 17.8 Å². The second-order valence-electron chi connectivity index (χ2n) is 7.21. The quantitative estimate of drug-likeness (QED) is 0.461. The fraction of sp³-hybridized carbons (Fsp3) is 0.174. The SMILES string of the molecule is COc1ccc(NS(=O)(=O)c2ccc(C)c(C(=O)NCC(O)c3ccc(F)c(F)c3)c2)cc1. The smallest absolute Gasteiger partial charge is 0.261 e. The van der Waals surface area contributed by atoms with E-state index in [2.05, 4.69) is 10.0 Å². The normalized spacial score (nSPS) is 12.2. The number of nitrogens with one attached hydrogen (secondary N) is 2. The number of benzene rings is 3. The lowest BCUT2D eigenvalue weighted by molar-refractivity contribution is 0.0915. The van der Waals surface area contributed by atoms with Crippen LogP contribution in [0.2, 0.25) is 0 Å². The molecule has 1 unspecified atom stereocenters. The molecule has 0 spiro atoms. The number of amides is 1. The lowest BCUT2D eigenvalue weighted by Crippen LogP contribution is -2.29. The molecular formula is C23H22F2N2O5S. The van der Waals surface area contributed by atoms with Crippen molar-refractivity contribution in [1.82, 2.24) is 5.32 Å². The zero-order valence-corrected chi connectivity index (χ0v) is 18.6. The molecule has 7 nitrogen and oxygen atoms in total. The van der Waals surface area contributed by atoms with Crippen LogP contribution in [0.15, 0.2) is 65.6 Å². The van der Waals surface area contributed by atoms with Crippen molar-refractivity contribution in [2.24, 2.45) is 0 Å². The van der Waals surface area contributed by atoms with Gasteiger partial charge in [-0.2, -0.15) is 0 Å². The number of aliphatic hydroxyl groups is 1.